The number of methoxy groups -OCH3 is 1. The predicted molar refractivity (Wildman–Crippen MR) is 118 cm³/mol. The third-order valence-electron chi connectivity index (χ3n) is 5.71. The molecule has 2 aromatic heterocycles. The first-order valence-electron chi connectivity index (χ1n) is 10.4. The van der Waals surface area contributed by atoms with Crippen LogP contribution in [-0.2, 0) is 17.8 Å². The van der Waals surface area contributed by atoms with Crippen LogP contribution in [0.1, 0.15) is 50.2 Å². The number of benzene rings is 1. The molecule has 1 aliphatic carbocycles. The first-order chi connectivity index (χ1) is 14.2. The summed E-state index contributed by atoms with van der Waals surface area (Å²) in [4.78, 5) is 24.4. The summed E-state index contributed by atoms with van der Waals surface area (Å²) < 4.78 is 6.63. The number of thiazole rings is 1. The standard InChI is InChI=1S/C23H27N3O2S/c1-3-16-9-10-19-21(13-16)29-23(25-19)26(22(27)17-7-5-4-6-8-17)15-18-14-24-12-11-20(18)28-2/h9-14,17H,3-8,15H2,1-2H3. The topological polar surface area (TPSA) is 55.3 Å². The van der Waals surface area contributed by atoms with Gasteiger partial charge in [-0.2, -0.15) is 0 Å². The van der Waals surface area contributed by atoms with Gasteiger partial charge < -0.3 is 4.74 Å². The van der Waals surface area contributed by atoms with E-state index in [0.29, 0.717) is 6.54 Å². The Labute approximate surface area is 175 Å². The Hall–Kier alpha value is -2.47. The third kappa shape index (κ3) is 4.27. The van der Waals surface area contributed by atoms with Crippen LogP contribution in [0.15, 0.2) is 36.7 Å². The average molecular weight is 410 g/mol. The molecule has 5 nitrogen and oxygen atoms in total. The van der Waals surface area contributed by atoms with Crippen LogP contribution in [0.5, 0.6) is 5.75 Å². The zero-order chi connectivity index (χ0) is 20.2. The highest BCUT2D eigenvalue weighted by molar-refractivity contribution is 7.22. The molecule has 0 N–H and O–H groups in total. The summed E-state index contributed by atoms with van der Waals surface area (Å²) >= 11 is 1.59. The molecule has 0 saturated heterocycles. The van der Waals surface area contributed by atoms with Crippen molar-refractivity contribution >= 4 is 32.6 Å². The summed E-state index contributed by atoms with van der Waals surface area (Å²) in [6.07, 6.45) is 9.87. The highest BCUT2D eigenvalue weighted by atomic mass is 32.1. The average Bonchev–Trinajstić information content (AvgIpc) is 3.20. The Bertz CT molecular complexity index is 995. The lowest BCUT2D eigenvalue weighted by Gasteiger charge is -2.28. The molecule has 0 spiro atoms. The van der Waals surface area contributed by atoms with E-state index in [-0.39, 0.29) is 11.8 Å². The SMILES string of the molecule is CCc1ccc2nc(N(Cc3cnccc3OC)C(=O)C3CCCCC3)sc2c1. The number of rotatable bonds is 6. The minimum Gasteiger partial charge on any atom is -0.496 e. The van der Waals surface area contributed by atoms with Crippen molar-refractivity contribution in [2.75, 3.05) is 12.0 Å². The normalized spacial score (nSPS) is 14.8. The molecule has 1 aliphatic rings. The van der Waals surface area contributed by atoms with Crippen LogP contribution in [0.25, 0.3) is 10.2 Å². The Morgan fingerprint density at radius 2 is 2.07 bits per heavy atom. The van der Waals surface area contributed by atoms with Gasteiger partial charge in [-0.05, 0) is 43.0 Å². The fourth-order valence-corrected chi connectivity index (χ4v) is 5.04. The quantitative estimate of drug-likeness (QED) is 0.549. The van der Waals surface area contributed by atoms with Crippen LogP contribution in [-0.4, -0.2) is 23.0 Å². The second-order valence-corrected chi connectivity index (χ2v) is 8.61. The maximum atomic E-state index is 13.5. The van der Waals surface area contributed by atoms with Crippen LogP contribution in [0.3, 0.4) is 0 Å². The number of aryl methyl sites for hydroxylation is 1. The summed E-state index contributed by atoms with van der Waals surface area (Å²) in [5.74, 6) is 0.992. The van der Waals surface area contributed by atoms with Crippen molar-refractivity contribution in [2.24, 2.45) is 5.92 Å². The number of carbonyl (C=O) groups excluding carboxylic acids is 1. The van der Waals surface area contributed by atoms with Crippen molar-refractivity contribution in [3.05, 3.63) is 47.8 Å². The van der Waals surface area contributed by atoms with E-state index in [4.69, 9.17) is 9.72 Å². The number of ether oxygens (including phenoxy) is 1. The lowest BCUT2D eigenvalue weighted by molar-refractivity contribution is -0.123. The summed E-state index contributed by atoms with van der Waals surface area (Å²) in [7, 11) is 1.65. The van der Waals surface area contributed by atoms with Gasteiger partial charge in [-0.3, -0.25) is 14.7 Å². The third-order valence-corrected chi connectivity index (χ3v) is 6.75. The van der Waals surface area contributed by atoms with Gasteiger partial charge in [0.05, 0.1) is 23.9 Å². The number of fused-ring (bicyclic) bond motifs is 1. The molecule has 1 saturated carbocycles. The van der Waals surface area contributed by atoms with Crippen LogP contribution in [0.4, 0.5) is 5.13 Å². The smallest absolute Gasteiger partial charge is 0.232 e. The predicted octanol–water partition coefficient (Wildman–Crippen LogP) is 5.38. The van der Waals surface area contributed by atoms with E-state index in [1.165, 1.54) is 12.0 Å². The number of nitrogens with zero attached hydrogens (tertiary/aromatic N) is 3. The number of aromatic nitrogens is 2. The molecule has 4 rings (SSSR count). The summed E-state index contributed by atoms with van der Waals surface area (Å²) in [6.45, 7) is 2.57. The molecule has 2 heterocycles. The van der Waals surface area contributed by atoms with E-state index in [0.717, 1.165) is 58.8 Å². The van der Waals surface area contributed by atoms with Gasteiger partial charge in [-0.15, -0.1) is 0 Å². The van der Waals surface area contributed by atoms with E-state index >= 15 is 0 Å². The molecule has 1 aromatic carbocycles. The molecule has 3 aromatic rings. The van der Waals surface area contributed by atoms with Crippen molar-refractivity contribution in [3.63, 3.8) is 0 Å². The van der Waals surface area contributed by atoms with Gasteiger partial charge in [0.2, 0.25) is 5.91 Å². The largest absolute Gasteiger partial charge is 0.496 e. The first-order valence-corrected chi connectivity index (χ1v) is 11.2. The number of amides is 1. The molecule has 0 radical (unpaired) electrons. The number of anilines is 1. The van der Waals surface area contributed by atoms with E-state index in [1.807, 2.05) is 11.0 Å². The lowest BCUT2D eigenvalue weighted by Crippen LogP contribution is -2.36. The maximum Gasteiger partial charge on any atom is 0.232 e. The second-order valence-electron chi connectivity index (χ2n) is 7.60. The van der Waals surface area contributed by atoms with Crippen LogP contribution < -0.4 is 9.64 Å². The number of hydrogen-bond acceptors (Lipinski definition) is 5. The summed E-state index contributed by atoms with van der Waals surface area (Å²) in [5, 5.41) is 0.759. The molecule has 152 valence electrons. The Kier molecular flexibility index (Phi) is 6.09. The summed E-state index contributed by atoms with van der Waals surface area (Å²) in [5.41, 5.74) is 3.13. The number of carbonyl (C=O) groups is 1. The molecular formula is C23H27N3O2S. The molecule has 0 unspecified atom stereocenters. The maximum absolute atomic E-state index is 13.5. The van der Waals surface area contributed by atoms with E-state index in [1.54, 1.807) is 30.8 Å². The second kappa shape index (κ2) is 8.91. The molecule has 1 amide bonds. The monoisotopic (exact) mass is 409 g/mol. The van der Waals surface area contributed by atoms with Crippen LogP contribution in [0.2, 0.25) is 0 Å². The van der Waals surface area contributed by atoms with Gasteiger partial charge in [0, 0.05) is 23.9 Å². The van der Waals surface area contributed by atoms with Gasteiger partial charge in [0.25, 0.3) is 0 Å². The Balaban J connectivity index is 1.71. The van der Waals surface area contributed by atoms with Crippen molar-refractivity contribution in [3.8, 4) is 5.75 Å². The first kappa shape index (κ1) is 19.8. The van der Waals surface area contributed by atoms with E-state index in [2.05, 4.69) is 30.1 Å². The molecular weight excluding hydrogens is 382 g/mol. The zero-order valence-electron chi connectivity index (χ0n) is 17.1. The Morgan fingerprint density at radius 1 is 1.24 bits per heavy atom. The van der Waals surface area contributed by atoms with Gasteiger partial charge in [0.1, 0.15) is 5.75 Å². The van der Waals surface area contributed by atoms with Crippen LogP contribution in [0, 0.1) is 5.92 Å². The van der Waals surface area contributed by atoms with Gasteiger partial charge in [0.15, 0.2) is 5.13 Å². The molecule has 1 fully saturated rings. The van der Waals surface area contributed by atoms with Crippen molar-refractivity contribution in [1.29, 1.82) is 0 Å². The van der Waals surface area contributed by atoms with Crippen molar-refractivity contribution in [1.82, 2.24) is 9.97 Å². The molecule has 29 heavy (non-hydrogen) atoms. The van der Waals surface area contributed by atoms with Gasteiger partial charge >= 0.3 is 0 Å². The van der Waals surface area contributed by atoms with Crippen LogP contribution >= 0.6 is 11.3 Å². The van der Waals surface area contributed by atoms with Gasteiger partial charge in [-0.25, -0.2) is 4.98 Å². The molecule has 6 heteroatoms. The minimum absolute atomic E-state index is 0.0737. The number of pyridine rings is 1. The molecule has 0 bridgehead atoms. The fourth-order valence-electron chi connectivity index (χ4n) is 4.00. The highest BCUT2D eigenvalue weighted by Crippen LogP contribution is 2.34. The van der Waals surface area contributed by atoms with Gasteiger partial charge in [-0.1, -0.05) is 43.6 Å². The molecule has 0 aliphatic heterocycles. The van der Waals surface area contributed by atoms with Crippen molar-refractivity contribution in [2.45, 2.75) is 52.0 Å². The van der Waals surface area contributed by atoms with E-state index in [9.17, 15) is 4.79 Å². The number of hydrogen-bond donors (Lipinski definition) is 0. The highest BCUT2D eigenvalue weighted by Gasteiger charge is 2.29. The zero-order valence-corrected chi connectivity index (χ0v) is 17.9. The van der Waals surface area contributed by atoms with Crippen molar-refractivity contribution < 1.29 is 9.53 Å². The summed E-state index contributed by atoms with van der Waals surface area (Å²) in [6, 6.07) is 8.19. The Morgan fingerprint density at radius 3 is 2.83 bits per heavy atom. The fraction of sp³-hybridized carbons (Fsp3) is 0.435. The lowest BCUT2D eigenvalue weighted by atomic mass is 9.88. The molecule has 0 atom stereocenters. The minimum atomic E-state index is 0.0737. The van der Waals surface area contributed by atoms with E-state index < -0.39 is 0 Å².